The Bertz CT molecular complexity index is 375. The van der Waals surface area contributed by atoms with Crippen LogP contribution in [0.1, 0.15) is 44.2 Å². The van der Waals surface area contributed by atoms with Gasteiger partial charge in [-0.3, -0.25) is 0 Å². The summed E-state index contributed by atoms with van der Waals surface area (Å²) in [7, 11) is 0. The smallest absolute Gasteiger partial charge is 0.0434 e. The number of nitrogens with one attached hydrogen (secondary N) is 1. The molecule has 2 rings (SSSR count). The van der Waals surface area contributed by atoms with Gasteiger partial charge in [-0.15, -0.1) is 0 Å². The first-order chi connectivity index (χ1) is 9.24. The van der Waals surface area contributed by atoms with E-state index in [2.05, 4.69) is 24.4 Å². The van der Waals surface area contributed by atoms with Crippen LogP contribution in [0.4, 0.5) is 0 Å². The van der Waals surface area contributed by atoms with Crippen molar-refractivity contribution in [2.45, 2.75) is 38.6 Å². The van der Waals surface area contributed by atoms with E-state index in [0.717, 1.165) is 30.3 Å². The fourth-order valence-corrected chi connectivity index (χ4v) is 2.71. The zero-order chi connectivity index (χ0) is 13.7. The Hall–Kier alpha value is -0.570. The Kier molecular flexibility index (Phi) is 5.68. The van der Waals surface area contributed by atoms with Crippen molar-refractivity contribution in [3.63, 3.8) is 0 Å². The molecule has 2 unspecified atom stereocenters. The van der Waals surface area contributed by atoms with Gasteiger partial charge in [0.05, 0.1) is 0 Å². The lowest BCUT2D eigenvalue weighted by atomic mass is 9.99. The van der Waals surface area contributed by atoms with Gasteiger partial charge in [0.25, 0.3) is 0 Å². The molecule has 1 aromatic rings. The van der Waals surface area contributed by atoms with Crippen LogP contribution < -0.4 is 5.32 Å². The summed E-state index contributed by atoms with van der Waals surface area (Å²) in [5.41, 5.74) is 1.34. The summed E-state index contributed by atoms with van der Waals surface area (Å²) in [6, 6.07) is 8.65. The lowest BCUT2D eigenvalue weighted by Crippen LogP contribution is -2.29. The topological polar surface area (TPSA) is 32.3 Å². The number of rotatable bonds is 8. The van der Waals surface area contributed by atoms with Gasteiger partial charge in [-0.1, -0.05) is 37.1 Å². The molecule has 0 amide bonds. The highest BCUT2D eigenvalue weighted by Gasteiger charge is 2.32. The Labute approximate surface area is 121 Å². The Morgan fingerprint density at radius 2 is 2.00 bits per heavy atom. The summed E-state index contributed by atoms with van der Waals surface area (Å²) < 4.78 is 0. The van der Waals surface area contributed by atoms with E-state index in [1.807, 2.05) is 12.1 Å². The highest BCUT2D eigenvalue weighted by atomic mass is 35.5. The minimum atomic E-state index is 0.287. The van der Waals surface area contributed by atoms with Crippen molar-refractivity contribution in [3.05, 3.63) is 34.9 Å². The average molecular weight is 282 g/mol. The summed E-state index contributed by atoms with van der Waals surface area (Å²) in [6.07, 6.45) is 4.64. The molecule has 0 aliphatic heterocycles. The Morgan fingerprint density at radius 1 is 1.32 bits per heavy atom. The molecule has 2 nitrogen and oxygen atoms in total. The fourth-order valence-electron chi connectivity index (χ4n) is 2.58. The molecule has 0 aromatic heterocycles. The highest BCUT2D eigenvalue weighted by Crippen LogP contribution is 2.41. The number of benzene rings is 1. The van der Waals surface area contributed by atoms with Crippen LogP contribution in [-0.2, 0) is 0 Å². The highest BCUT2D eigenvalue weighted by molar-refractivity contribution is 6.30. The second-order valence-electron chi connectivity index (χ2n) is 5.56. The summed E-state index contributed by atoms with van der Waals surface area (Å²) in [4.78, 5) is 0. The molecule has 0 radical (unpaired) electrons. The molecule has 3 heteroatoms. The average Bonchev–Trinajstić information content (AvgIpc) is 3.24. The van der Waals surface area contributed by atoms with Crippen LogP contribution in [0.2, 0.25) is 5.02 Å². The largest absolute Gasteiger partial charge is 0.396 e. The van der Waals surface area contributed by atoms with E-state index in [4.69, 9.17) is 16.7 Å². The Morgan fingerprint density at radius 3 is 2.53 bits per heavy atom. The molecule has 0 bridgehead atoms. The van der Waals surface area contributed by atoms with Gasteiger partial charge < -0.3 is 10.4 Å². The molecule has 1 saturated carbocycles. The molecule has 1 fully saturated rings. The predicted molar refractivity (Wildman–Crippen MR) is 80.4 cm³/mol. The minimum absolute atomic E-state index is 0.287. The molecule has 0 heterocycles. The van der Waals surface area contributed by atoms with Gasteiger partial charge in [-0.05, 0) is 55.3 Å². The number of hydrogen-bond donors (Lipinski definition) is 2. The maximum atomic E-state index is 9.06. The molecule has 106 valence electrons. The van der Waals surface area contributed by atoms with Crippen LogP contribution in [0.25, 0.3) is 0 Å². The molecule has 2 N–H and O–H groups in total. The quantitative estimate of drug-likeness (QED) is 0.760. The van der Waals surface area contributed by atoms with Crippen LogP contribution in [0, 0.1) is 11.8 Å². The number of aliphatic hydroxyl groups is 1. The second kappa shape index (κ2) is 7.28. The van der Waals surface area contributed by atoms with Crippen molar-refractivity contribution in [2.24, 2.45) is 11.8 Å². The van der Waals surface area contributed by atoms with E-state index in [1.165, 1.54) is 18.4 Å². The van der Waals surface area contributed by atoms with Crippen molar-refractivity contribution < 1.29 is 5.11 Å². The third kappa shape index (κ3) is 4.48. The normalized spacial score (nSPS) is 18.3. The van der Waals surface area contributed by atoms with Crippen LogP contribution in [0.3, 0.4) is 0 Å². The lowest BCUT2D eigenvalue weighted by molar-refractivity contribution is 0.247. The number of halogens is 1. The molecular weight excluding hydrogens is 258 g/mol. The summed E-state index contributed by atoms with van der Waals surface area (Å²) in [6.45, 7) is 3.46. The van der Waals surface area contributed by atoms with Gasteiger partial charge in [-0.2, -0.15) is 0 Å². The molecule has 2 atom stereocenters. The molecule has 19 heavy (non-hydrogen) atoms. The number of aliphatic hydroxyl groups excluding tert-OH is 1. The van der Waals surface area contributed by atoms with Crippen LogP contribution in [-0.4, -0.2) is 18.3 Å². The first-order valence-electron chi connectivity index (χ1n) is 7.34. The van der Waals surface area contributed by atoms with Crippen molar-refractivity contribution in [1.82, 2.24) is 5.32 Å². The van der Waals surface area contributed by atoms with Crippen LogP contribution in [0.15, 0.2) is 24.3 Å². The SMILES string of the molecule is CCC(CCO)CNC(c1ccc(Cl)cc1)C1CC1. The van der Waals surface area contributed by atoms with E-state index in [9.17, 15) is 0 Å². The number of hydrogen-bond acceptors (Lipinski definition) is 2. The second-order valence-corrected chi connectivity index (χ2v) is 6.00. The van der Waals surface area contributed by atoms with Gasteiger partial charge in [0.2, 0.25) is 0 Å². The molecule has 0 saturated heterocycles. The minimum Gasteiger partial charge on any atom is -0.396 e. The monoisotopic (exact) mass is 281 g/mol. The van der Waals surface area contributed by atoms with Crippen LogP contribution in [0.5, 0.6) is 0 Å². The van der Waals surface area contributed by atoms with Crippen molar-refractivity contribution >= 4 is 11.6 Å². The van der Waals surface area contributed by atoms with Gasteiger partial charge in [-0.25, -0.2) is 0 Å². The molecule has 1 aliphatic rings. The van der Waals surface area contributed by atoms with Gasteiger partial charge in [0.15, 0.2) is 0 Å². The van der Waals surface area contributed by atoms with E-state index in [0.29, 0.717) is 12.0 Å². The van der Waals surface area contributed by atoms with Gasteiger partial charge in [0.1, 0.15) is 0 Å². The van der Waals surface area contributed by atoms with E-state index in [-0.39, 0.29) is 6.61 Å². The first kappa shape index (κ1) is 14.8. The van der Waals surface area contributed by atoms with Gasteiger partial charge >= 0.3 is 0 Å². The first-order valence-corrected chi connectivity index (χ1v) is 7.72. The zero-order valence-electron chi connectivity index (χ0n) is 11.6. The van der Waals surface area contributed by atoms with Crippen molar-refractivity contribution in [2.75, 3.05) is 13.2 Å². The van der Waals surface area contributed by atoms with Crippen molar-refractivity contribution in [1.29, 1.82) is 0 Å². The van der Waals surface area contributed by atoms with Crippen molar-refractivity contribution in [3.8, 4) is 0 Å². The summed E-state index contributed by atoms with van der Waals surface area (Å²) in [5, 5.41) is 13.6. The maximum absolute atomic E-state index is 9.06. The third-order valence-electron chi connectivity index (χ3n) is 4.06. The molecular formula is C16H24ClNO. The lowest BCUT2D eigenvalue weighted by Gasteiger charge is -2.22. The predicted octanol–water partition coefficient (Wildman–Crippen LogP) is 3.79. The Balaban J connectivity index is 1.94. The van der Waals surface area contributed by atoms with E-state index in [1.54, 1.807) is 0 Å². The molecule has 1 aromatic carbocycles. The molecule has 1 aliphatic carbocycles. The standard InChI is InChI=1S/C16H24ClNO/c1-2-12(9-10-19)11-18-16(13-3-4-13)14-5-7-15(17)8-6-14/h5-8,12-13,16,18-19H,2-4,9-11H2,1H3. The summed E-state index contributed by atoms with van der Waals surface area (Å²) in [5.74, 6) is 1.34. The van der Waals surface area contributed by atoms with Gasteiger partial charge in [0, 0.05) is 17.7 Å². The van der Waals surface area contributed by atoms with Crippen LogP contribution >= 0.6 is 11.6 Å². The zero-order valence-corrected chi connectivity index (χ0v) is 12.4. The van der Waals surface area contributed by atoms with E-state index < -0.39 is 0 Å². The fraction of sp³-hybridized carbons (Fsp3) is 0.625. The third-order valence-corrected chi connectivity index (χ3v) is 4.32. The van der Waals surface area contributed by atoms with E-state index >= 15 is 0 Å². The summed E-state index contributed by atoms with van der Waals surface area (Å²) >= 11 is 5.95. The maximum Gasteiger partial charge on any atom is 0.0434 e. The molecule has 0 spiro atoms.